The van der Waals surface area contributed by atoms with Crippen molar-refractivity contribution in [1.82, 2.24) is 0 Å². The number of halogens is 1. The van der Waals surface area contributed by atoms with Gasteiger partial charge in [-0.25, -0.2) is 4.39 Å². The van der Waals surface area contributed by atoms with E-state index in [2.05, 4.69) is 4.74 Å². The monoisotopic (exact) mass is 148 g/mol. The van der Waals surface area contributed by atoms with Gasteiger partial charge in [0.1, 0.15) is 18.9 Å². The first kappa shape index (κ1) is 7.50. The first-order valence-electron chi connectivity index (χ1n) is 3.00. The summed E-state index contributed by atoms with van der Waals surface area (Å²) < 4.78 is 16.5. The summed E-state index contributed by atoms with van der Waals surface area (Å²) in [4.78, 5) is 0. The highest BCUT2D eigenvalue weighted by Gasteiger charge is 2.28. The van der Waals surface area contributed by atoms with Gasteiger partial charge in [-0.3, -0.25) is 0 Å². The second-order valence-electron chi connectivity index (χ2n) is 2.14. The minimum Gasteiger partial charge on any atom is -0.493 e. The molecule has 0 aromatic heterocycles. The summed E-state index contributed by atoms with van der Waals surface area (Å²) in [6.07, 6.45) is -0.595. The lowest BCUT2D eigenvalue weighted by molar-refractivity contribution is -0.0701. The number of aliphatic hydroxyl groups excluding tert-OH is 2. The van der Waals surface area contributed by atoms with Crippen molar-refractivity contribution in [3.05, 3.63) is 12.3 Å². The summed E-state index contributed by atoms with van der Waals surface area (Å²) in [6.45, 7) is -0.789. The van der Waals surface area contributed by atoms with Crippen LogP contribution in [0.15, 0.2) is 12.3 Å². The number of alkyl halides is 1. The Hall–Kier alpha value is -0.610. The Morgan fingerprint density at radius 2 is 2.20 bits per heavy atom. The summed E-state index contributed by atoms with van der Waals surface area (Å²) in [5, 5.41) is 17.9. The molecule has 0 bridgehead atoms. The molecule has 10 heavy (non-hydrogen) atoms. The van der Waals surface area contributed by atoms with Crippen LogP contribution < -0.4 is 0 Å². The fourth-order valence-corrected chi connectivity index (χ4v) is 0.769. The van der Waals surface area contributed by atoms with E-state index < -0.39 is 25.0 Å². The lowest BCUT2D eigenvalue weighted by Gasteiger charge is -2.25. The van der Waals surface area contributed by atoms with Gasteiger partial charge in [0.15, 0.2) is 6.10 Å². The maximum atomic E-state index is 11.9. The van der Waals surface area contributed by atoms with Crippen LogP contribution in [0, 0.1) is 0 Å². The van der Waals surface area contributed by atoms with Crippen LogP contribution in [0.25, 0.3) is 0 Å². The van der Waals surface area contributed by atoms with Crippen molar-refractivity contribution in [2.24, 2.45) is 0 Å². The molecular weight excluding hydrogens is 139 g/mol. The summed E-state index contributed by atoms with van der Waals surface area (Å²) in [6, 6.07) is 0. The van der Waals surface area contributed by atoms with Crippen LogP contribution in [0.4, 0.5) is 4.39 Å². The van der Waals surface area contributed by atoms with Gasteiger partial charge in [0.25, 0.3) is 0 Å². The summed E-state index contributed by atoms with van der Waals surface area (Å²) in [5.41, 5.74) is 0. The smallest absolute Gasteiger partial charge is 0.155 e. The fraction of sp³-hybridized carbons (Fsp3) is 0.667. The maximum absolute atomic E-state index is 11.9. The molecule has 0 aliphatic carbocycles. The minimum absolute atomic E-state index is 0.789. The summed E-state index contributed by atoms with van der Waals surface area (Å²) in [5.74, 6) is 0. The molecule has 58 valence electrons. The quantitative estimate of drug-likeness (QED) is 0.531. The molecule has 0 radical (unpaired) electrons. The van der Waals surface area contributed by atoms with Crippen molar-refractivity contribution >= 4 is 0 Å². The highest BCUT2D eigenvalue weighted by Crippen LogP contribution is 2.12. The predicted molar refractivity (Wildman–Crippen MR) is 32.0 cm³/mol. The van der Waals surface area contributed by atoms with Gasteiger partial charge in [-0.05, 0) is 6.08 Å². The third-order valence-electron chi connectivity index (χ3n) is 1.41. The molecular formula is C6H9FO3. The van der Waals surface area contributed by atoms with Gasteiger partial charge in [0, 0.05) is 0 Å². The number of hydrogen-bond donors (Lipinski definition) is 2. The molecule has 3 nitrogen and oxygen atoms in total. The van der Waals surface area contributed by atoms with Crippen molar-refractivity contribution in [2.45, 2.75) is 18.3 Å². The largest absolute Gasteiger partial charge is 0.493 e. The molecule has 0 fully saturated rings. The summed E-state index contributed by atoms with van der Waals surface area (Å²) in [7, 11) is 0. The zero-order chi connectivity index (χ0) is 7.56. The van der Waals surface area contributed by atoms with Crippen LogP contribution >= 0.6 is 0 Å². The van der Waals surface area contributed by atoms with Gasteiger partial charge in [-0.2, -0.15) is 0 Å². The van der Waals surface area contributed by atoms with E-state index in [1.807, 2.05) is 0 Å². The molecule has 0 saturated carbocycles. The average Bonchev–Trinajstić information content (AvgIpc) is 1.95. The lowest BCUT2D eigenvalue weighted by atomic mass is 10.1. The van der Waals surface area contributed by atoms with Crippen molar-refractivity contribution in [3.63, 3.8) is 0 Å². The van der Waals surface area contributed by atoms with Crippen molar-refractivity contribution in [2.75, 3.05) is 6.67 Å². The SMILES string of the molecule is OC1C=COC(CF)C1O. The van der Waals surface area contributed by atoms with Gasteiger partial charge < -0.3 is 14.9 Å². The van der Waals surface area contributed by atoms with Gasteiger partial charge in [0.2, 0.25) is 0 Å². The van der Waals surface area contributed by atoms with Gasteiger partial charge in [-0.15, -0.1) is 0 Å². The second-order valence-corrected chi connectivity index (χ2v) is 2.14. The highest BCUT2D eigenvalue weighted by molar-refractivity contribution is 4.96. The Kier molecular flexibility index (Phi) is 2.24. The van der Waals surface area contributed by atoms with E-state index in [9.17, 15) is 4.39 Å². The fourth-order valence-electron chi connectivity index (χ4n) is 0.769. The number of rotatable bonds is 1. The molecule has 2 N–H and O–H groups in total. The Balaban J connectivity index is 2.56. The molecule has 1 rings (SSSR count). The topological polar surface area (TPSA) is 49.7 Å². The van der Waals surface area contributed by atoms with E-state index in [0.29, 0.717) is 0 Å². The molecule has 1 aliphatic rings. The number of ether oxygens (including phenoxy) is 1. The molecule has 0 amide bonds. The number of hydrogen-bond acceptors (Lipinski definition) is 3. The third-order valence-corrected chi connectivity index (χ3v) is 1.41. The van der Waals surface area contributed by atoms with Crippen LogP contribution in [-0.2, 0) is 4.74 Å². The molecule has 0 saturated heterocycles. The van der Waals surface area contributed by atoms with E-state index in [4.69, 9.17) is 10.2 Å². The zero-order valence-electron chi connectivity index (χ0n) is 5.27. The first-order valence-corrected chi connectivity index (χ1v) is 3.00. The third kappa shape index (κ3) is 1.27. The highest BCUT2D eigenvalue weighted by atomic mass is 19.1. The van der Waals surface area contributed by atoms with Gasteiger partial charge in [-0.1, -0.05) is 0 Å². The van der Waals surface area contributed by atoms with Crippen LogP contribution in [0.1, 0.15) is 0 Å². The van der Waals surface area contributed by atoms with E-state index in [-0.39, 0.29) is 0 Å². The van der Waals surface area contributed by atoms with Crippen molar-refractivity contribution < 1.29 is 19.3 Å². The van der Waals surface area contributed by atoms with Crippen LogP contribution in [0.5, 0.6) is 0 Å². The summed E-state index contributed by atoms with van der Waals surface area (Å²) >= 11 is 0. The Bertz CT molecular complexity index is 137. The first-order chi connectivity index (χ1) is 4.75. The normalized spacial score (nSPS) is 39.3. The minimum atomic E-state index is -1.14. The lowest BCUT2D eigenvalue weighted by Crippen LogP contribution is -2.41. The molecule has 1 aliphatic heterocycles. The molecule has 4 heteroatoms. The van der Waals surface area contributed by atoms with Crippen molar-refractivity contribution in [1.29, 1.82) is 0 Å². The predicted octanol–water partition coefficient (Wildman–Crippen LogP) is -0.410. The molecule has 1 heterocycles. The molecule has 3 unspecified atom stereocenters. The Labute approximate surface area is 57.7 Å². The van der Waals surface area contributed by atoms with E-state index in [1.165, 1.54) is 12.3 Å². The maximum Gasteiger partial charge on any atom is 0.155 e. The Morgan fingerprint density at radius 3 is 2.70 bits per heavy atom. The van der Waals surface area contributed by atoms with E-state index in [0.717, 1.165) is 0 Å². The molecule has 3 atom stereocenters. The van der Waals surface area contributed by atoms with E-state index in [1.54, 1.807) is 0 Å². The van der Waals surface area contributed by atoms with Crippen molar-refractivity contribution in [3.8, 4) is 0 Å². The van der Waals surface area contributed by atoms with Gasteiger partial charge in [0.05, 0.1) is 6.26 Å². The van der Waals surface area contributed by atoms with Crippen LogP contribution in [0.3, 0.4) is 0 Å². The van der Waals surface area contributed by atoms with Crippen LogP contribution in [-0.4, -0.2) is 35.2 Å². The molecule has 0 spiro atoms. The molecule has 0 aromatic carbocycles. The number of aliphatic hydroxyl groups is 2. The zero-order valence-corrected chi connectivity index (χ0v) is 5.27. The molecule has 0 aromatic rings. The average molecular weight is 148 g/mol. The standard InChI is InChI=1S/C6H9FO3/c7-3-5-6(9)4(8)1-2-10-5/h1-2,4-6,8-9H,3H2. The van der Waals surface area contributed by atoms with Gasteiger partial charge >= 0.3 is 0 Å². The van der Waals surface area contributed by atoms with Crippen LogP contribution in [0.2, 0.25) is 0 Å². The Morgan fingerprint density at radius 1 is 1.50 bits per heavy atom. The van der Waals surface area contributed by atoms with E-state index >= 15 is 0 Å². The second kappa shape index (κ2) is 2.98.